The third-order valence-corrected chi connectivity index (χ3v) is 5.36. The first-order chi connectivity index (χ1) is 12.6. The van der Waals surface area contributed by atoms with Crippen molar-refractivity contribution in [3.63, 3.8) is 0 Å². The van der Waals surface area contributed by atoms with E-state index in [0.717, 1.165) is 32.4 Å². The highest BCUT2D eigenvalue weighted by molar-refractivity contribution is 5.40. The average Bonchev–Trinajstić information content (AvgIpc) is 3.22. The number of ether oxygens (including phenoxy) is 3. The average molecular weight is 367 g/mol. The molecule has 0 saturated carbocycles. The van der Waals surface area contributed by atoms with Crippen molar-refractivity contribution in [2.75, 3.05) is 47.0 Å². The Hall–Kier alpha value is -1.60. The molecule has 1 aromatic heterocycles. The number of hydrogen-bond donors (Lipinski definition) is 0. The van der Waals surface area contributed by atoms with Crippen LogP contribution in [-0.4, -0.2) is 73.9 Å². The highest BCUT2D eigenvalue weighted by atomic mass is 19.1. The van der Waals surface area contributed by atoms with E-state index in [1.807, 2.05) is 6.92 Å². The van der Waals surface area contributed by atoms with Crippen molar-refractivity contribution in [2.45, 2.75) is 44.7 Å². The van der Waals surface area contributed by atoms with E-state index in [-0.39, 0.29) is 11.6 Å². The molecule has 2 fully saturated rings. The summed E-state index contributed by atoms with van der Waals surface area (Å²) in [6.07, 6.45) is 4.52. The molecule has 7 heteroatoms. The van der Waals surface area contributed by atoms with Crippen LogP contribution in [0.4, 0.5) is 4.39 Å². The van der Waals surface area contributed by atoms with Gasteiger partial charge in [0.2, 0.25) is 0 Å². The summed E-state index contributed by atoms with van der Waals surface area (Å²) in [7, 11) is 4.18. The molecule has 2 aliphatic rings. The molecular formula is C19H30FN3O3. The summed E-state index contributed by atoms with van der Waals surface area (Å²) in [5, 5.41) is 0. The predicted molar refractivity (Wildman–Crippen MR) is 97.7 cm³/mol. The molecule has 6 nitrogen and oxygen atoms in total. The van der Waals surface area contributed by atoms with Crippen molar-refractivity contribution in [3.8, 4) is 17.4 Å². The van der Waals surface area contributed by atoms with Crippen molar-refractivity contribution in [1.82, 2.24) is 14.8 Å². The number of aromatic nitrogens is 1. The fourth-order valence-electron chi connectivity index (χ4n) is 3.64. The van der Waals surface area contributed by atoms with Gasteiger partial charge >= 0.3 is 0 Å². The van der Waals surface area contributed by atoms with Gasteiger partial charge in [-0.1, -0.05) is 0 Å². The summed E-state index contributed by atoms with van der Waals surface area (Å²) in [6, 6.07) is 2.26. The van der Waals surface area contributed by atoms with E-state index in [4.69, 9.17) is 14.2 Å². The van der Waals surface area contributed by atoms with Gasteiger partial charge in [-0.3, -0.25) is 0 Å². The molecule has 26 heavy (non-hydrogen) atoms. The maximum absolute atomic E-state index is 14.2. The van der Waals surface area contributed by atoms with Gasteiger partial charge in [0.25, 0.3) is 11.8 Å². The van der Waals surface area contributed by atoms with E-state index in [0.29, 0.717) is 37.7 Å². The van der Waals surface area contributed by atoms with Crippen LogP contribution in [0.15, 0.2) is 6.07 Å². The van der Waals surface area contributed by atoms with Gasteiger partial charge in [-0.2, -0.15) is 9.37 Å². The van der Waals surface area contributed by atoms with Crippen molar-refractivity contribution in [3.05, 3.63) is 12.0 Å². The molecule has 3 heterocycles. The molecule has 2 aliphatic heterocycles. The molecule has 0 radical (unpaired) electrons. The molecule has 1 aromatic rings. The molecule has 0 aliphatic carbocycles. The molecule has 0 aromatic carbocycles. The summed E-state index contributed by atoms with van der Waals surface area (Å²) >= 11 is 0. The lowest BCUT2D eigenvalue weighted by Crippen LogP contribution is -2.31. The molecule has 0 N–H and O–H groups in total. The third-order valence-electron chi connectivity index (χ3n) is 5.36. The lowest BCUT2D eigenvalue weighted by atomic mass is 10.2. The van der Waals surface area contributed by atoms with Gasteiger partial charge in [-0.25, -0.2) is 0 Å². The monoisotopic (exact) mass is 367 g/mol. The van der Waals surface area contributed by atoms with Crippen LogP contribution in [0.2, 0.25) is 0 Å². The van der Waals surface area contributed by atoms with Crippen molar-refractivity contribution in [2.24, 2.45) is 0 Å². The standard InChI is InChI=1S/C19H30FN3O3/c1-4-24-16-11-17(25-12-14-7-5-9-22(14)2)19(21-18(16)20)26-13-15-8-6-10-23(15)3/h11,14-15H,4-10,12-13H2,1-3H3/t14-,15-/m0/s1. The van der Waals surface area contributed by atoms with Gasteiger partial charge in [0.15, 0.2) is 11.5 Å². The molecule has 3 rings (SSSR count). The Morgan fingerprint density at radius 2 is 1.62 bits per heavy atom. The summed E-state index contributed by atoms with van der Waals surface area (Å²) in [5.41, 5.74) is 0. The van der Waals surface area contributed by atoms with Crippen LogP contribution < -0.4 is 14.2 Å². The zero-order valence-corrected chi connectivity index (χ0v) is 16.0. The van der Waals surface area contributed by atoms with Gasteiger partial charge in [0.05, 0.1) is 6.61 Å². The van der Waals surface area contributed by atoms with Crippen LogP contribution >= 0.6 is 0 Å². The summed E-state index contributed by atoms with van der Waals surface area (Å²) in [5.74, 6) is 0.113. The van der Waals surface area contributed by atoms with Crippen LogP contribution in [0.3, 0.4) is 0 Å². The Morgan fingerprint density at radius 3 is 2.15 bits per heavy atom. The SMILES string of the molecule is CCOc1cc(OC[C@@H]2CCCN2C)c(OC[C@@H]2CCCN2C)nc1F. The first-order valence-electron chi connectivity index (χ1n) is 9.58. The minimum Gasteiger partial charge on any atom is -0.489 e. The van der Waals surface area contributed by atoms with E-state index >= 15 is 0 Å². The zero-order chi connectivity index (χ0) is 18.5. The van der Waals surface area contributed by atoms with E-state index in [1.165, 1.54) is 6.42 Å². The number of rotatable bonds is 8. The Balaban J connectivity index is 1.71. The maximum atomic E-state index is 14.2. The Kier molecular flexibility index (Phi) is 6.53. The second-order valence-corrected chi connectivity index (χ2v) is 7.19. The van der Waals surface area contributed by atoms with E-state index < -0.39 is 5.95 Å². The van der Waals surface area contributed by atoms with Crippen LogP contribution in [0.25, 0.3) is 0 Å². The van der Waals surface area contributed by atoms with E-state index in [2.05, 4.69) is 28.9 Å². The second kappa shape index (κ2) is 8.86. The van der Waals surface area contributed by atoms with Crippen LogP contribution in [0.1, 0.15) is 32.6 Å². The molecule has 0 unspecified atom stereocenters. The van der Waals surface area contributed by atoms with Crippen molar-refractivity contribution < 1.29 is 18.6 Å². The number of hydrogen-bond acceptors (Lipinski definition) is 6. The van der Waals surface area contributed by atoms with Crippen LogP contribution in [0.5, 0.6) is 17.4 Å². The summed E-state index contributed by atoms with van der Waals surface area (Å²) < 4.78 is 31.4. The topological polar surface area (TPSA) is 47.1 Å². The van der Waals surface area contributed by atoms with Crippen molar-refractivity contribution in [1.29, 1.82) is 0 Å². The molecule has 146 valence electrons. The normalized spacial score (nSPS) is 24.2. The van der Waals surface area contributed by atoms with E-state index in [1.54, 1.807) is 6.07 Å². The smallest absolute Gasteiger partial charge is 0.260 e. The molecule has 2 atom stereocenters. The Bertz CT molecular complexity index is 602. The number of halogens is 1. The number of pyridine rings is 1. The van der Waals surface area contributed by atoms with Crippen molar-refractivity contribution >= 4 is 0 Å². The van der Waals surface area contributed by atoms with Gasteiger partial charge in [0.1, 0.15) is 13.2 Å². The molecule has 0 spiro atoms. The molecule has 0 bridgehead atoms. The number of likely N-dealkylation sites (tertiary alicyclic amines) is 2. The van der Waals surface area contributed by atoms with Gasteiger partial charge in [-0.15, -0.1) is 0 Å². The number of nitrogens with zero attached hydrogens (tertiary/aromatic N) is 3. The lowest BCUT2D eigenvalue weighted by molar-refractivity contribution is 0.166. The fourth-order valence-corrected chi connectivity index (χ4v) is 3.64. The van der Waals surface area contributed by atoms with Crippen LogP contribution in [0, 0.1) is 5.95 Å². The minimum atomic E-state index is -0.660. The largest absolute Gasteiger partial charge is 0.489 e. The van der Waals surface area contributed by atoms with Gasteiger partial charge in [-0.05, 0) is 59.8 Å². The first kappa shape index (κ1) is 19.2. The molecule has 2 saturated heterocycles. The minimum absolute atomic E-state index is 0.104. The molecular weight excluding hydrogens is 337 g/mol. The fraction of sp³-hybridized carbons (Fsp3) is 0.737. The summed E-state index contributed by atoms with van der Waals surface area (Å²) in [6.45, 7) is 5.35. The maximum Gasteiger partial charge on any atom is 0.260 e. The Morgan fingerprint density at radius 1 is 1.00 bits per heavy atom. The number of likely N-dealkylation sites (N-methyl/N-ethyl adjacent to an activating group) is 2. The van der Waals surface area contributed by atoms with Crippen LogP contribution in [-0.2, 0) is 0 Å². The molecule has 0 amide bonds. The summed E-state index contributed by atoms with van der Waals surface area (Å²) in [4.78, 5) is 8.52. The predicted octanol–water partition coefficient (Wildman–Crippen LogP) is 2.57. The Labute approximate surface area is 155 Å². The van der Waals surface area contributed by atoms with Gasteiger partial charge < -0.3 is 24.0 Å². The third kappa shape index (κ3) is 4.57. The van der Waals surface area contributed by atoms with E-state index in [9.17, 15) is 4.39 Å². The zero-order valence-electron chi connectivity index (χ0n) is 16.0. The second-order valence-electron chi connectivity index (χ2n) is 7.19. The lowest BCUT2D eigenvalue weighted by Gasteiger charge is -2.22. The van der Waals surface area contributed by atoms with Gasteiger partial charge in [0, 0.05) is 18.2 Å². The quantitative estimate of drug-likeness (QED) is 0.658. The highest BCUT2D eigenvalue weighted by Crippen LogP contribution is 2.32. The highest BCUT2D eigenvalue weighted by Gasteiger charge is 2.25. The first-order valence-corrected chi connectivity index (χ1v) is 9.58.